The predicted octanol–water partition coefficient (Wildman–Crippen LogP) is 8.67. The third-order valence-electron chi connectivity index (χ3n) is 7.51. The van der Waals surface area contributed by atoms with E-state index in [1.807, 2.05) is 66.9 Å². The van der Waals surface area contributed by atoms with Crippen LogP contribution in [0.3, 0.4) is 0 Å². The minimum Gasteiger partial charge on any atom is -0.264 e. The Labute approximate surface area is 253 Å². The number of rotatable bonds is 6. The molecule has 2 radical (unpaired) electrons. The Morgan fingerprint density at radius 2 is 0.860 bits per heavy atom. The Morgan fingerprint density at radius 3 is 1.49 bits per heavy atom. The summed E-state index contributed by atoms with van der Waals surface area (Å²) in [5.74, 6) is 0.671. The van der Waals surface area contributed by atoms with Gasteiger partial charge in [0.15, 0.2) is 5.82 Å². The van der Waals surface area contributed by atoms with Crippen molar-refractivity contribution in [1.29, 1.82) is 0 Å². The molecule has 0 fully saturated rings. The van der Waals surface area contributed by atoms with Crippen molar-refractivity contribution in [2.24, 2.45) is 0 Å². The molecule has 5 aromatic carbocycles. The van der Waals surface area contributed by atoms with Crippen LogP contribution in [0.5, 0.6) is 0 Å². The first-order valence-corrected chi connectivity index (χ1v) is 14.2. The number of pyridine rings is 1. The van der Waals surface area contributed by atoms with E-state index in [1.165, 1.54) is 5.56 Å². The van der Waals surface area contributed by atoms with Crippen molar-refractivity contribution < 1.29 is 0 Å². The molecule has 7 aromatic rings. The van der Waals surface area contributed by atoms with Crippen LogP contribution in [0, 0.1) is 0 Å². The van der Waals surface area contributed by atoms with E-state index in [-0.39, 0.29) is 0 Å². The molecule has 0 aliphatic carbocycles. The molecule has 0 aliphatic rings. The van der Waals surface area contributed by atoms with Gasteiger partial charge >= 0.3 is 0 Å². The van der Waals surface area contributed by atoms with E-state index in [1.54, 1.807) is 6.20 Å². The van der Waals surface area contributed by atoms with Crippen molar-refractivity contribution in [3.05, 3.63) is 158 Å². The maximum Gasteiger partial charge on any atom is 0.160 e. The fourth-order valence-electron chi connectivity index (χ4n) is 5.28. The molecule has 2 aromatic heterocycles. The average Bonchev–Trinajstić information content (AvgIpc) is 3.09. The van der Waals surface area contributed by atoms with Gasteiger partial charge in [-0.1, -0.05) is 133 Å². The summed E-state index contributed by atoms with van der Waals surface area (Å²) >= 11 is 0. The van der Waals surface area contributed by atoms with Crippen LogP contribution < -0.4 is 5.46 Å². The van der Waals surface area contributed by atoms with Crippen molar-refractivity contribution in [3.8, 4) is 67.3 Å². The quantitative estimate of drug-likeness (QED) is 0.196. The van der Waals surface area contributed by atoms with Gasteiger partial charge in [0, 0.05) is 29.1 Å². The van der Waals surface area contributed by atoms with Gasteiger partial charge in [-0.05, 0) is 51.6 Å². The highest BCUT2D eigenvalue weighted by Gasteiger charge is 2.13. The summed E-state index contributed by atoms with van der Waals surface area (Å²) in [4.78, 5) is 14.3. The van der Waals surface area contributed by atoms with E-state index in [9.17, 15) is 0 Å². The van der Waals surface area contributed by atoms with Gasteiger partial charge in [-0.3, -0.25) is 4.98 Å². The SMILES string of the molecule is [B]c1cc(-c2ccc(-c3cccnc3)cc2)cc(-c2cc(-c3ccc(-c4ccccc4)cc3)nc(-c3ccccc3)n2)c1. The monoisotopic (exact) mass is 547 g/mol. The summed E-state index contributed by atoms with van der Waals surface area (Å²) < 4.78 is 0. The molecule has 0 atom stereocenters. The van der Waals surface area contributed by atoms with Crippen LogP contribution >= 0.6 is 0 Å². The largest absolute Gasteiger partial charge is 0.264 e. The van der Waals surface area contributed by atoms with Gasteiger partial charge in [0.1, 0.15) is 7.85 Å². The Balaban J connectivity index is 1.29. The molecule has 0 saturated carbocycles. The van der Waals surface area contributed by atoms with Crippen molar-refractivity contribution in [1.82, 2.24) is 15.0 Å². The third kappa shape index (κ3) is 5.77. The second-order valence-corrected chi connectivity index (χ2v) is 10.4. The van der Waals surface area contributed by atoms with E-state index in [0.717, 1.165) is 55.9 Å². The van der Waals surface area contributed by atoms with Crippen LogP contribution in [-0.2, 0) is 0 Å². The molecule has 0 unspecified atom stereocenters. The van der Waals surface area contributed by atoms with E-state index in [0.29, 0.717) is 11.3 Å². The Hall–Kier alpha value is -5.61. The van der Waals surface area contributed by atoms with Gasteiger partial charge < -0.3 is 0 Å². The van der Waals surface area contributed by atoms with E-state index in [2.05, 4.69) is 89.9 Å². The lowest BCUT2D eigenvalue weighted by molar-refractivity contribution is 1.18. The summed E-state index contributed by atoms with van der Waals surface area (Å²) in [7, 11) is 6.47. The van der Waals surface area contributed by atoms with Gasteiger partial charge in [-0.2, -0.15) is 0 Å². The van der Waals surface area contributed by atoms with E-state index in [4.69, 9.17) is 17.8 Å². The maximum atomic E-state index is 6.47. The maximum absolute atomic E-state index is 6.47. The smallest absolute Gasteiger partial charge is 0.160 e. The molecule has 2 heterocycles. The highest BCUT2D eigenvalue weighted by molar-refractivity contribution is 6.33. The second kappa shape index (κ2) is 11.7. The molecule has 200 valence electrons. The van der Waals surface area contributed by atoms with Crippen LogP contribution in [0.15, 0.2) is 158 Å². The summed E-state index contributed by atoms with van der Waals surface area (Å²) in [6.07, 6.45) is 3.66. The van der Waals surface area contributed by atoms with Gasteiger partial charge in [-0.15, -0.1) is 0 Å². The van der Waals surface area contributed by atoms with Crippen molar-refractivity contribution in [2.45, 2.75) is 0 Å². The van der Waals surface area contributed by atoms with Crippen LogP contribution in [0.2, 0.25) is 0 Å². The predicted molar refractivity (Wildman–Crippen MR) is 178 cm³/mol. The molecular formula is C39H26BN3. The number of hydrogen-bond acceptors (Lipinski definition) is 3. The fraction of sp³-hybridized carbons (Fsp3) is 0. The zero-order valence-electron chi connectivity index (χ0n) is 23.4. The standard InChI is InChI=1S/C39H26BN3/c40-36-23-34(30-15-13-29(14-16-30)33-12-7-21-41-26-33)22-35(24-36)38-25-37(42-39(43-38)32-10-5-2-6-11-32)31-19-17-28(18-20-31)27-8-3-1-4-9-27/h1-26H. The van der Waals surface area contributed by atoms with E-state index < -0.39 is 0 Å². The van der Waals surface area contributed by atoms with Crippen LogP contribution in [0.4, 0.5) is 0 Å². The van der Waals surface area contributed by atoms with Gasteiger partial charge in [-0.25, -0.2) is 9.97 Å². The van der Waals surface area contributed by atoms with Gasteiger partial charge in [0.05, 0.1) is 11.4 Å². The number of nitrogens with zero attached hydrogens (tertiary/aromatic N) is 3. The molecule has 43 heavy (non-hydrogen) atoms. The molecule has 0 saturated heterocycles. The lowest BCUT2D eigenvalue weighted by atomic mass is 9.88. The van der Waals surface area contributed by atoms with Crippen LogP contribution in [-0.4, -0.2) is 22.8 Å². The molecule has 3 nitrogen and oxygen atoms in total. The average molecular weight is 547 g/mol. The summed E-state index contributed by atoms with van der Waals surface area (Å²) in [5, 5.41) is 0. The zero-order valence-corrected chi connectivity index (χ0v) is 23.4. The number of aromatic nitrogens is 3. The first kappa shape index (κ1) is 26.3. The first-order chi connectivity index (χ1) is 21.2. The Kier molecular flexibility index (Phi) is 7.16. The molecule has 0 N–H and O–H groups in total. The van der Waals surface area contributed by atoms with Gasteiger partial charge in [0.2, 0.25) is 0 Å². The number of hydrogen-bond donors (Lipinski definition) is 0. The molecular weight excluding hydrogens is 521 g/mol. The minimum absolute atomic E-state index is 0.671. The second-order valence-electron chi connectivity index (χ2n) is 10.4. The molecule has 7 rings (SSSR count). The summed E-state index contributed by atoms with van der Waals surface area (Å²) in [5.41, 5.74) is 11.9. The highest BCUT2D eigenvalue weighted by atomic mass is 14.9. The third-order valence-corrected chi connectivity index (χ3v) is 7.51. The highest BCUT2D eigenvalue weighted by Crippen LogP contribution is 2.31. The molecule has 0 amide bonds. The Bertz CT molecular complexity index is 1990. The molecule has 0 spiro atoms. The Morgan fingerprint density at radius 1 is 0.372 bits per heavy atom. The fourth-order valence-corrected chi connectivity index (χ4v) is 5.28. The van der Waals surface area contributed by atoms with Crippen LogP contribution in [0.25, 0.3) is 67.3 Å². The van der Waals surface area contributed by atoms with E-state index >= 15 is 0 Å². The zero-order chi connectivity index (χ0) is 29.0. The van der Waals surface area contributed by atoms with Crippen molar-refractivity contribution in [2.75, 3.05) is 0 Å². The van der Waals surface area contributed by atoms with Crippen molar-refractivity contribution >= 4 is 13.3 Å². The number of benzene rings is 5. The summed E-state index contributed by atoms with van der Waals surface area (Å²) in [6, 6.07) is 49.7. The topological polar surface area (TPSA) is 38.7 Å². The van der Waals surface area contributed by atoms with Gasteiger partial charge in [0.25, 0.3) is 0 Å². The minimum atomic E-state index is 0.671. The molecule has 0 aliphatic heterocycles. The van der Waals surface area contributed by atoms with Crippen molar-refractivity contribution in [3.63, 3.8) is 0 Å². The lowest BCUT2D eigenvalue weighted by Gasteiger charge is -2.12. The normalized spacial score (nSPS) is 10.9. The molecule has 4 heteroatoms. The first-order valence-electron chi connectivity index (χ1n) is 14.2. The van der Waals surface area contributed by atoms with Crippen LogP contribution in [0.1, 0.15) is 0 Å². The lowest BCUT2D eigenvalue weighted by Crippen LogP contribution is -2.04. The molecule has 0 bridgehead atoms. The summed E-state index contributed by atoms with van der Waals surface area (Å²) in [6.45, 7) is 0.